The number of nitrogens with zero attached hydrogens (tertiary/aromatic N) is 5. The minimum Gasteiger partial charge on any atom is -0.375 e. The molecule has 1 saturated heterocycles. The Bertz CT molecular complexity index is 594. The standard InChI is InChI=1S/C14H21N5O2/c1-10-8-15-19(9-10)5-4-18-6-7-20-11(2)13(18)14-16-12(3)17-21-14/h8-9,11,13H,4-7H2,1-3H3/t11-,13+/m1/s1. The van der Waals surface area contributed by atoms with Crippen LogP contribution in [0, 0.1) is 13.8 Å². The monoisotopic (exact) mass is 291 g/mol. The predicted octanol–water partition coefficient (Wildman–Crippen LogP) is 1.34. The summed E-state index contributed by atoms with van der Waals surface area (Å²) in [5.74, 6) is 1.29. The maximum Gasteiger partial charge on any atom is 0.246 e. The molecule has 114 valence electrons. The molecule has 2 atom stereocenters. The summed E-state index contributed by atoms with van der Waals surface area (Å²) in [5.41, 5.74) is 1.18. The van der Waals surface area contributed by atoms with E-state index in [0.717, 1.165) is 26.2 Å². The first-order valence-corrected chi connectivity index (χ1v) is 7.28. The summed E-state index contributed by atoms with van der Waals surface area (Å²) < 4.78 is 13.1. The molecule has 1 aliphatic rings. The van der Waals surface area contributed by atoms with E-state index in [9.17, 15) is 0 Å². The summed E-state index contributed by atoms with van der Waals surface area (Å²) in [7, 11) is 0. The fourth-order valence-electron chi connectivity index (χ4n) is 2.74. The second kappa shape index (κ2) is 5.95. The molecule has 21 heavy (non-hydrogen) atoms. The van der Waals surface area contributed by atoms with Gasteiger partial charge in [0.15, 0.2) is 5.82 Å². The van der Waals surface area contributed by atoms with Crippen LogP contribution in [-0.2, 0) is 11.3 Å². The summed E-state index contributed by atoms with van der Waals surface area (Å²) in [6.07, 6.45) is 3.97. The van der Waals surface area contributed by atoms with E-state index in [2.05, 4.69) is 33.3 Å². The van der Waals surface area contributed by atoms with Gasteiger partial charge >= 0.3 is 0 Å². The van der Waals surface area contributed by atoms with E-state index in [-0.39, 0.29) is 12.1 Å². The number of hydrogen-bond donors (Lipinski definition) is 0. The molecule has 2 aromatic rings. The second-order valence-corrected chi connectivity index (χ2v) is 5.52. The lowest BCUT2D eigenvalue weighted by Crippen LogP contribution is -2.45. The largest absolute Gasteiger partial charge is 0.375 e. The molecule has 7 nitrogen and oxygen atoms in total. The molecule has 0 unspecified atom stereocenters. The SMILES string of the molecule is Cc1cnn(CCN2CCO[C@H](C)[C@H]2c2nc(C)no2)c1. The molecule has 0 aliphatic carbocycles. The molecular formula is C14H21N5O2. The number of aryl methyl sites for hydroxylation is 2. The zero-order valence-corrected chi connectivity index (χ0v) is 12.7. The highest BCUT2D eigenvalue weighted by atomic mass is 16.5. The first kappa shape index (κ1) is 14.2. The Hall–Kier alpha value is -1.73. The van der Waals surface area contributed by atoms with Gasteiger partial charge in [0.25, 0.3) is 0 Å². The van der Waals surface area contributed by atoms with E-state index in [4.69, 9.17) is 9.26 Å². The van der Waals surface area contributed by atoms with E-state index < -0.39 is 0 Å². The average molecular weight is 291 g/mol. The van der Waals surface area contributed by atoms with Crippen molar-refractivity contribution >= 4 is 0 Å². The van der Waals surface area contributed by atoms with E-state index in [1.807, 2.05) is 24.7 Å². The third kappa shape index (κ3) is 3.14. The zero-order valence-electron chi connectivity index (χ0n) is 12.7. The molecule has 0 bridgehead atoms. The molecule has 2 aromatic heterocycles. The van der Waals surface area contributed by atoms with Crippen LogP contribution in [0.4, 0.5) is 0 Å². The Morgan fingerprint density at radius 2 is 2.19 bits per heavy atom. The summed E-state index contributed by atoms with van der Waals surface area (Å²) in [5, 5.41) is 8.22. The topological polar surface area (TPSA) is 69.2 Å². The zero-order chi connectivity index (χ0) is 14.8. The summed E-state index contributed by atoms with van der Waals surface area (Å²) in [6.45, 7) is 9.22. The van der Waals surface area contributed by atoms with Crippen molar-refractivity contribution in [1.29, 1.82) is 0 Å². The van der Waals surface area contributed by atoms with Crippen LogP contribution >= 0.6 is 0 Å². The number of ether oxygens (including phenoxy) is 1. The quantitative estimate of drug-likeness (QED) is 0.847. The van der Waals surface area contributed by atoms with Gasteiger partial charge in [-0.1, -0.05) is 5.16 Å². The molecule has 0 aromatic carbocycles. The highest BCUT2D eigenvalue weighted by molar-refractivity contribution is 5.00. The maximum absolute atomic E-state index is 5.75. The number of morpholine rings is 1. The molecule has 0 spiro atoms. The Balaban J connectivity index is 1.71. The van der Waals surface area contributed by atoms with Gasteiger partial charge in [0.2, 0.25) is 5.89 Å². The predicted molar refractivity (Wildman–Crippen MR) is 75.7 cm³/mol. The first-order valence-electron chi connectivity index (χ1n) is 7.28. The van der Waals surface area contributed by atoms with E-state index in [1.54, 1.807) is 0 Å². The number of aromatic nitrogens is 4. The van der Waals surface area contributed by atoms with Crippen molar-refractivity contribution in [2.45, 2.75) is 39.5 Å². The van der Waals surface area contributed by atoms with Crippen molar-refractivity contribution in [3.8, 4) is 0 Å². The van der Waals surface area contributed by atoms with E-state index >= 15 is 0 Å². The van der Waals surface area contributed by atoms with Crippen LogP contribution in [0.25, 0.3) is 0 Å². The van der Waals surface area contributed by atoms with E-state index in [1.165, 1.54) is 5.56 Å². The molecule has 0 amide bonds. The minimum atomic E-state index is 0.0107. The number of hydrogen-bond acceptors (Lipinski definition) is 6. The van der Waals surface area contributed by atoms with Crippen LogP contribution < -0.4 is 0 Å². The smallest absolute Gasteiger partial charge is 0.246 e. The third-order valence-electron chi connectivity index (χ3n) is 3.77. The van der Waals surface area contributed by atoms with Gasteiger partial charge in [-0.25, -0.2) is 0 Å². The molecule has 3 rings (SSSR count). The van der Waals surface area contributed by atoms with Crippen molar-refractivity contribution in [1.82, 2.24) is 24.8 Å². The van der Waals surface area contributed by atoms with Gasteiger partial charge in [-0.2, -0.15) is 10.1 Å². The van der Waals surface area contributed by atoms with Crippen LogP contribution in [-0.4, -0.2) is 50.6 Å². The Kier molecular flexibility index (Phi) is 4.03. The average Bonchev–Trinajstić information content (AvgIpc) is 3.05. The van der Waals surface area contributed by atoms with Crippen LogP contribution in [0.5, 0.6) is 0 Å². The van der Waals surface area contributed by atoms with Gasteiger partial charge in [0.05, 0.1) is 25.5 Å². The Labute approximate surface area is 123 Å². The summed E-state index contributed by atoms with van der Waals surface area (Å²) >= 11 is 0. The molecule has 3 heterocycles. The molecular weight excluding hydrogens is 270 g/mol. The third-order valence-corrected chi connectivity index (χ3v) is 3.77. The van der Waals surface area contributed by atoms with Gasteiger partial charge in [0.1, 0.15) is 6.04 Å². The molecule has 1 aliphatic heterocycles. The normalized spacial score (nSPS) is 23.6. The first-order chi connectivity index (χ1) is 10.1. The molecule has 1 fully saturated rings. The van der Waals surface area contributed by atoms with Gasteiger partial charge in [-0.05, 0) is 26.3 Å². The van der Waals surface area contributed by atoms with Crippen LogP contribution in [0.3, 0.4) is 0 Å². The van der Waals surface area contributed by atoms with Crippen molar-refractivity contribution in [3.63, 3.8) is 0 Å². The molecule has 0 N–H and O–H groups in total. The fraction of sp³-hybridized carbons (Fsp3) is 0.643. The van der Waals surface area contributed by atoms with Gasteiger partial charge in [0, 0.05) is 19.3 Å². The lowest BCUT2D eigenvalue weighted by molar-refractivity contribution is -0.0739. The minimum absolute atomic E-state index is 0.0107. The Morgan fingerprint density at radius 1 is 1.33 bits per heavy atom. The molecule has 0 radical (unpaired) electrons. The summed E-state index contributed by atoms with van der Waals surface area (Å²) in [4.78, 5) is 6.70. The Morgan fingerprint density at radius 3 is 2.86 bits per heavy atom. The molecule has 7 heteroatoms. The molecule has 0 saturated carbocycles. The second-order valence-electron chi connectivity index (χ2n) is 5.52. The van der Waals surface area contributed by atoms with Gasteiger partial charge in [-0.3, -0.25) is 9.58 Å². The van der Waals surface area contributed by atoms with Crippen molar-refractivity contribution in [2.24, 2.45) is 0 Å². The highest BCUT2D eigenvalue weighted by Crippen LogP contribution is 2.28. The van der Waals surface area contributed by atoms with Crippen molar-refractivity contribution in [2.75, 3.05) is 19.7 Å². The number of rotatable bonds is 4. The lowest BCUT2D eigenvalue weighted by atomic mass is 10.1. The van der Waals surface area contributed by atoms with Crippen molar-refractivity contribution in [3.05, 3.63) is 29.7 Å². The van der Waals surface area contributed by atoms with E-state index in [0.29, 0.717) is 11.7 Å². The van der Waals surface area contributed by atoms with Gasteiger partial charge < -0.3 is 9.26 Å². The van der Waals surface area contributed by atoms with Crippen molar-refractivity contribution < 1.29 is 9.26 Å². The summed E-state index contributed by atoms with van der Waals surface area (Å²) in [6, 6.07) is 0.0107. The fourth-order valence-corrected chi connectivity index (χ4v) is 2.74. The van der Waals surface area contributed by atoms with Crippen LogP contribution in [0.1, 0.15) is 30.2 Å². The maximum atomic E-state index is 5.75. The van der Waals surface area contributed by atoms with Gasteiger partial charge in [-0.15, -0.1) is 0 Å². The highest BCUT2D eigenvalue weighted by Gasteiger charge is 2.34. The lowest BCUT2D eigenvalue weighted by Gasteiger charge is -2.37. The van der Waals surface area contributed by atoms with Crippen LogP contribution in [0.2, 0.25) is 0 Å². The van der Waals surface area contributed by atoms with Crippen LogP contribution in [0.15, 0.2) is 16.9 Å².